The first kappa shape index (κ1) is 7.34. The molecule has 4 nitrogen and oxygen atoms in total. The fourth-order valence-electron chi connectivity index (χ4n) is 1.46. The third-order valence-corrected chi connectivity index (χ3v) is 2.17. The number of carbonyl (C=O) groups excluding carboxylic acids is 1. The normalized spacial score (nSPS) is 14.9. The quantitative estimate of drug-likeness (QED) is 0.664. The molecule has 1 aromatic rings. The number of aromatic nitrogens is 2. The van der Waals surface area contributed by atoms with Gasteiger partial charge in [0.05, 0.1) is 18.4 Å². The van der Waals surface area contributed by atoms with Gasteiger partial charge in [-0.1, -0.05) is 6.92 Å². The maximum Gasteiger partial charge on any atom is 0.222 e. The van der Waals surface area contributed by atoms with Crippen molar-refractivity contribution >= 4 is 5.91 Å². The molecule has 1 aliphatic heterocycles. The summed E-state index contributed by atoms with van der Waals surface area (Å²) in [6.07, 6.45) is 2.37. The Morgan fingerprint density at radius 3 is 3.25 bits per heavy atom. The van der Waals surface area contributed by atoms with Crippen molar-refractivity contribution in [1.82, 2.24) is 15.1 Å². The molecule has 2 rings (SSSR count). The zero-order valence-corrected chi connectivity index (χ0v) is 7.00. The van der Waals surface area contributed by atoms with E-state index in [0.717, 1.165) is 17.8 Å². The van der Waals surface area contributed by atoms with Crippen LogP contribution in [-0.2, 0) is 17.9 Å². The van der Waals surface area contributed by atoms with Gasteiger partial charge in [-0.2, -0.15) is 5.10 Å². The third kappa shape index (κ3) is 0.995. The van der Waals surface area contributed by atoms with E-state index in [2.05, 4.69) is 10.2 Å². The van der Waals surface area contributed by atoms with Crippen LogP contribution in [0.5, 0.6) is 0 Å². The maximum atomic E-state index is 11.3. The summed E-state index contributed by atoms with van der Waals surface area (Å²) in [5.41, 5.74) is 2.23. The molecule has 0 saturated carbocycles. The number of carbonyl (C=O) groups is 1. The number of H-pyrrole nitrogens is 1. The summed E-state index contributed by atoms with van der Waals surface area (Å²) in [6, 6.07) is 0. The highest BCUT2D eigenvalue weighted by molar-refractivity contribution is 5.76. The minimum absolute atomic E-state index is 0.208. The molecule has 0 saturated heterocycles. The average Bonchev–Trinajstić information content (AvgIpc) is 2.60. The van der Waals surface area contributed by atoms with Crippen LogP contribution in [0.25, 0.3) is 0 Å². The van der Waals surface area contributed by atoms with Gasteiger partial charge >= 0.3 is 0 Å². The van der Waals surface area contributed by atoms with Crippen LogP contribution < -0.4 is 0 Å². The lowest BCUT2D eigenvalue weighted by atomic mass is 10.3. The lowest BCUT2D eigenvalue weighted by Crippen LogP contribution is -2.24. The molecule has 0 spiro atoms. The van der Waals surface area contributed by atoms with Gasteiger partial charge in [0.15, 0.2) is 0 Å². The number of rotatable bonds is 1. The number of hydrogen-bond acceptors (Lipinski definition) is 2. The first-order chi connectivity index (χ1) is 5.81. The van der Waals surface area contributed by atoms with Crippen molar-refractivity contribution in [3.63, 3.8) is 0 Å². The largest absolute Gasteiger partial charge is 0.332 e. The van der Waals surface area contributed by atoms with E-state index in [-0.39, 0.29) is 5.91 Å². The topological polar surface area (TPSA) is 49.0 Å². The predicted molar refractivity (Wildman–Crippen MR) is 43.1 cm³/mol. The summed E-state index contributed by atoms with van der Waals surface area (Å²) >= 11 is 0. The first-order valence-electron chi connectivity index (χ1n) is 4.10. The van der Waals surface area contributed by atoms with Crippen LogP contribution in [-0.4, -0.2) is 21.0 Å². The van der Waals surface area contributed by atoms with Gasteiger partial charge in [0.1, 0.15) is 0 Å². The molecule has 0 atom stereocenters. The van der Waals surface area contributed by atoms with E-state index in [1.165, 1.54) is 0 Å². The monoisotopic (exact) mass is 165 g/mol. The molecule has 0 radical (unpaired) electrons. The molecule has 0 aliphatic carbocycles. The Kier molecular flexibility index (Phi) is 1.60. The highest BCUT2D eigenvalue weighted by atomic mass is 16.2. The summed E-state index contributed by atoms with van der Waals surface area (Å²) < 4.78 is 0. The van der Waals surface area contributed by atoms with E-state index in [9.17, 15) is 4.79 Å². The van der Waals surface area contributed by atoms with Crippen LogP contribution in [0.1, 0.15) is 24.6 Å². The van der Waals surface area contributed by atoms with Crippen molar-refractivity contribution in [2.45, 2.75) is 26.4 Å². The van der Waals surface area contributed by atoms with Crippen molar-refractivity contribution in [3.8, 4) is 0 Å². The summed E-state index contributed by atoms with van der Waals surface area (Å²) in [6.45, 7) is 3.30. The number of aromatic amines is 1. The Morgan fingerprint density at radius 1 is 1.75 bits per heavy atom. The molecule has 1 N–H and O–H groups in total. The van der Waals surface area contributed by atoms with Crippen LogP contribution in [0.2, 0.25) is 0 Å². The number of hydrogen-bond donors (Lipinski definition) is 1. The maximum absolute atomic E-state index is 11.3. The van der Waals surface area contributed by atoms with E-state index in [1.54, 1.807) is 6.20 Å². The van der Waals surface area contributed by atoms with Gasteiger partial charge in [-0.25, -0.2) is 0 Å². The molecule has 0 aromatic carbocycles. The van der Waals surface area contributed by atoms with Gasteiger partial charge in [0.2, 0.25) is 5.91 Å². The minimum atomic E-state index is 0.208. The Labute approximate surface area is 70.6 Å². The molecule has 0 unspecified atom stereocenters. The molecular weight excluding hydrogens is 154 g/mol. The van der Waals surface area contributed by atoms with Crippen molar-refractivity contribution in [2.75, 3.05) is 0 Å². The van der Waals surface area contributed by atoms with Crippen molar-refractivity contribution in [1.29, 1.82) is 0 Å². The average molecular weight is 165 g/mol. The molecule has 4 heteroatoms. The predicted octanol–water partition coefficient (Wildman–Crippen LogP) is 0.662. The molecule has 0 fully saturated rings. The fraction of sp³-hybridized carbons (Fsp3) is 0.500. The Balaban J connectivity index is 2.12. The second-order valence-corrected chi connectivity index (χ2v) is 2.98. The van der Waals surface area contributed by atoms with E-state index in [0.29, 0.717) is 13.0 Å². The third-order valence-electron chi connectivity index (χ3n) is 2.17. The molecule has 64 valence electrons. The zero-order valence-electron chi connectivity index (χ0n) is 7.00. The second-order valence-electron chi connectivity index (χ2n) is 2.98. The van der Waals surface area contributed by atoms with E-state index in [4.69, 9.17) is 0 Å². The molecular formula is C8H11N3O. The molecule has 1 amide bonds. The number of nitrogens with zero attached hydrogens (tertiary/aromatic N) is 2. The van der Waals surface area contributed by atoms with Gasteiger partial charge in [-0.05, 0) is 0 Å². The van der Waals surface area contributed by atoms with Crippen LogP contribution in [0.4, 0.5) is 0 Å². The first-order valence-corrected chi connectivity index (χ1v) is 4.10. The summed E-state index contributed by atoms with van der Waals surface area (Å²) in [5, 5.41) is 6.78. The minimum Gasteiger partial charge on any atom is -0.332 e. The van der Waals surface area contributed by atoms with E-state index in [1.807, 2.05) is 11.8 Å². The van der Waals surface area contributed by atoms with Gasteiger partial charge in [0, 0.05) is 18.5 Å². The SMILES string of the molecule is CCC(=O)N1Cc2cn[nH]c2C1. The smallest absolute Gasteiger partial charge is 0.222 e. The molecule has 1 aromatic heterocycles. The second kappa shape index (κ2) is 2.62. The standard InChI is InChI=1S/C8H11N3O/c1-2-8(12)11-4-6-3-9-10-7(6)5-11/h3H,2,4-5H2,1H3,(H,9,10). The Morgan fingerprint density at radius 2 is 2.58 bits per heavy atom. The highest BCUT2D eigenvalue weighted by Gasteiger charge is 2.23. The van der Waals surface area contributed by atoms with Crippen molar-refractivity contribution in [3.05, 3.63) is 17.5 Å². The van der Waals surface area contributed by atoms with Gasteiger partial charge in [-0.3, -0.25) is 9.89 Å². The van der Waals surface area contributed by atoms with Gasteiger partial charge < -0.3 is 4.90 Å². The molecule has 2 heterocycles. The summed E-state index contributed by atoms with van der Waals surface area (Å²) in [5.74, 6) is 0.208. The van der Waals surface area contributed by atoms with E-state index < -0.39 is 0 Å². The lowest BCUT2D eigenvalue weighted by molar-refractivity contribution is -0.131. The molecule has 0 bridgehead atoms. The molecule has 12 heavy (non-hydrogen) atoms. The summed E-state index contributed by atoms with van der Waals surface area (Å²) in [4.78, 5) is 13.1. The fourth-order valence-corrected chi connectivity index (χ4v) is 1.46. The van der Waals surface area contributed by atoms with Crippen molar-refractivity contribution in [2.24, 2.45) is 0 Å². The Bertz CT molecular complexity index is 285. The van der Waals surface area contributed by atoms with Crippen LogP contribution >= 0.6 is 0 Å². The summed E-state index contributed by atoms with van der Waals surface area (Å²) in [7, 11) is 0. The highest BCUT2D eigenvalue weighted by Crippen LogP contribution is 2.20. The van der Waals surface area contributed by atoms with Crippen LogP contribution in [0.3, 0.4) is 0 Å². The van der Waals surface area contributed by atoms with E-state index >= 15 is 0 Å². The van der Waals surface area contributed by atoms with Crippen LogP contribution in [0.15, 0.2) is 6.20 Å². The lowest BCUT2D eigenvalue weighted by Gasteiger charge is -2.13. The molecule has 1 aliphatic rings. The van der Waals surface area contributed by atoms with Crippen molar-refractivity contribution < 1.29 is 4.79 Å². The number of nitrogens with one attached hydrogen (secondary N) is 1. The van der Waals surface area contributed by atoms with Crippen LogP contribution in [0, 0.1) is 0 Å². The Hall–Kier alpha value is -1.32. The van der Waals surface area contributed by atoms with Gasteiger partial charge in [0.25, 0.3) is 0 Å². The number of amides is 1. The van der Waals surface area contributed by atoms with Gasteiger partial charge in [-0.15, -0.1) is 0 Å². The zero-order chi connectivity index (χ0) is 8.55. The number of fused-ring (bicyclic) bond motifs is 1.